The fourth-order valence-corrected chi connectivity index (χ4v) is 9.58. The van der Waals surface area contributed by atoms with Crippen molar-refractivity contribution >= 4 is 44.7 Å². The average Bonchev–Trinajstić information content (AvgIpc) is 4.04. The zero-order chi connectivity index (χ0) is 40.2. The molecule has 56 heavy (non-hydrogen) atoms. The van der Waals surface area contributed by atoms with Crippen LogP contribution in [0, 0.1) is 18.8 Å². The number of aromatic nitrogens is 1. The molecule has 0 bridgehead atoms. The van der Waals surface area contributed by atoms with E-state index in [1.807, 2.05) is 26.0 Å². The lowest BCUT2D eigenvalue weighted by molar-refractivity contribution is -0.141. The third-order valence-corrected chi connectivity index (χ3v) is 14.2. The molecule has 3 N–H and O–H groups in total. The van der Waals surface area contributed by atoms with E-state index in [0.717, 1.165) is 12.8 Å². The lowest BCUT2D eigenvalue weighted by atomic mass is 9.86. The number of alkyl halides is 1. The second kappa shape index (κ2) is 14.8. The number of halogens is 1. The normalized spacial score (nSPS) is 30.4. The van der Waals surface area contributed by atoms with E-state index in [0.29, 0.717) is 53.6 Å². The van der Waals surface area contributed by atoms with Crippen LogP contribution < -0.4 is 24.8 Å². The van der Waals surface area contributed by atoms with E-state index in [-0.39, 0.29) is 50.5 Å². The molecular weight excluding hydrogens is 746 g/mol. The van der Waals surface area contributed by atoms with E-state index >= 15 is 4.39 Å². The molecule has 14 nitrogen and oxygen atoms in total. The van der Waals surface area contributed by atoms with Gasteiger partial charge in [0.1, 0.15) is 40.9 Å². The standard InChI is InChI=1S/C40H52FN5O9S/c1-23(2)21-54-37(50)43-30-12-10-8-6-7-9-11-25-18-40(25,36(49)45-56(51,52)38(4)15-16-38)44-34(47)31-20-39(22-46(31)35(30)48)19-28(41)32-27-17-26(53-5)13-14-29(27)42-24(3)33(32)55-39/h9,11,13-14,17,23,25,28,30-31H,6-8,10,12,15-16,18-22H2,1-5H3,(H,43,50)(H,44,47)(H,45,49)/b11-9-/t25-,28-,30+,31+,39-,40-/m1/s1. The third-order valence-electron chi connectivity index (χ3n) is 12.0. The highest BCUT2D eigenvalue weighted by atomic mass is 32.2. The number of aryl methyl sites for hydroxylation is 1. The Balaban J connectivity index is 1.25. The van der Waals surface area contributed by atoms with Crippen molar-refractivity contribution in [3.63, 3.8) is 0 Å². The molecule has 7 rings (SSSR count). The van der Waals surface area contributed by atoms with Gasteiger partial charge < -0.3 is 29.7 Å². The summed E-state index contributed by atoms with van der Waals surface area (Å²) in [5, 5.41) is 6.11. The maximum atomic E-state index is 16.8. The molecule has 2 aromatic rings. The van der Waals surface area contributed by atoms with Crippen LogP contribution in [-0.4, -0.2) is 90.3 Å². The number of benzene rings is 1. The molecule has 1 spiro atoms. The van der Waals surface area contributed by atoms with Gasteiger partial charge in [0, 0.05) is 29.7 Å². The van der Waals surface area contributed by atoms with Crippen molar-refractivity contribution in [2.75, 3.05) is 20.3 Å². The van der Waals surface area contributed by atoms with Gasteiger partial charge in [-0.25, -0.2) is 22.6 Å². The van der Waals surface area contributed by atoms with Gasteiger partial charge in [-0.3, -0.25) is 19.1 Å². The number of fused-ring (bicyclic) bond motifs is 5. The summed E-state index contributed by atoms with van der Waals surface area (Å²) >= 11 is 0. The number of nitrogens with one attached hydrogen (secondary N) is 3. The van der Waals surface area contributed by atoms with Crippen molar-refractivity contribution in [2.45, 2.75) is 126 Å². The molecule has 6 atom stereocenters. The maximum absolute atomic E-state index is 16.8. The number of hydrogen-bond donors (Lipinski definition) is 3. The van der Waals surface area contributed by atoms with Crippen LogP contribution in [0.3, 0.4) is 0 Å². The van der Waals surface area contributed by atoms with Gasteiger partial charge in [-0.2, -0.15) is 0 Å². The monoisotopic (exact) mass is 797 g/mol. The van der Waals surface area contributed by atoms with Crippen molar-refractivity contribution in [3.05, 3.63) is 41.6 Å². The molecule has 3 fully saturated rings. The van der Waals surface area contributed by atoms with Crippen LogP contribution in [0.2, 0.25) is 0 Å². The average molecular weight is 798 g/mol. The minimum absolute atomic E-state index is 0.0537. The Hall–Kier alpha value is -4.47. The minimum Gasteiger partial charge on any atom is -0.497 e. The summed E-state index contributed by atoms with van der Waals surface area (Å²) in [6, 6.07) is 2.85. The SMILES string of the molecule is COc1ccc2nc(C)c3c(c2c1)[C@H](F)C[C@]1(C[C@H]2C(=O)N[C@]4(C(=O)NS(=O)(=O)C5(C)CC5)C[C@H]4/C=C\CCCCC[C@H](NC(=O)OCC(C)C)C(=O)N2C1)O3. The van der Waals surface area contributed by atoms with Crippen LogP contribution in [0.25, 0.3) is 10.9 Å². The molecule has 0 radical (unpaired) electrons. The number of carbonyl (C=O) groups excluding carboxylic acids is 4. The fraction of sp³-hybridized carbons (Fsp3) is 0.625. The highest BCUT2D eigenvalue weighted by Gasteiger charge is 2.64. The quantitative estimate of drug-likeness (QED) is 0.329. The van der Waals surface area contributed by atoms with Crippen molar-refractivity contribution in [1.82, 2.24) is 25.2 Å². The number of amides is 4. The van der Waals surface area contributed by atoms with E-state index in [2.05, 4.69) is 20.3 Å². The number of nitrogens with zero attached hydrogens (tertiary/aromatic N) is 2. The number of sulfonamides is 1. The number of hydrogen-bond acceptors (Lipinski definition) is 10. The molecule has 16 heteroatoms. The van der Waals surface area contributed by atoms with Gasteiger partial charge in [-0.1, -0.05) is 38.8 Å². The van der Waals surface area contributed by atoms with Crippen molar-refractivity contribution < 1.29 is 46.2 Å². The van der Waals surface area contributed by atoms with E-state index in [1.54, 1.807) is 32.0 Å². The van der Waals surface area contributed by atoms with Crippen LogP contribution in [-0.2, 0) is 29.1 Å². The second-order valence-corrected chi connectivity index (χ2v) is 19.1. The van der Waals surface area contributed by atoms with Crippen LogP contribution in [0.1, 0.15) is 102 Å². The summed E-state index contributed by atoms with van der Waals surface area (Å²) in [4.78, 5) is 62.2. The lowest BCUT2D eigenvalue weighted by Gasteiger charge is -2.38. The summed E-state index contributed by atoms with van der Waals surface area (Å²) < 4.78 is 61.8. The highest BCUT2D eigenvalue weighted by Crippen LogP contribution is 2.52. The first-order valence-electron chi connectivity index (χ1n) is 19.6. The highest BCUT2D eigenvalue weighted by molar-refractivity contribution is 7.91. The Bertz CT molecular complexity index is 2070. The molecule has 1 aromatic carbocycles. The van der Waals surface area contributed by atoms with Crippen LogP contribution >= 0.6 is 0 Å². The smallest absolute Gasteiger partial charge is 0.407 e. The Labute approximate surface area is 326 Å². The number of allylic oxidation sites excluding steroid dienone is 1. The number of ether oxygens (including phenoxy) is 3. The van der Waals surface area contributed by atoms with E-state index in [9.17, 15) is 27.6 Å². The van der Waals surface area contributed by atoms with Gasteiger partial charge in [-0.05, 0) is 76.5 Å². The number of carbonyl (C=O) groups is 4. The Morgan fingerprint density at radius 2 is 1.91 bits per heavy atom. The predicted octanol–water partition coefficient (Wildman–Crippen LogP) is 4.83. The first-order valence-corrected chi connectivity index (χ1v) is 21.1. The van der Waals surface area contributed by atoms with Gasteiger partial charge in [0.25, 0.3) is 5.91 Å². The first kappa shape index (κ1) is 39.8. The van der Waals surface area contributed by atoms with Gasteiger partial charge in [0.05, 0.1) is 36.2 Å². The number of methoxy groups -OCH3 is 1. The Morgan fingerprint density at radius 1 is 1.14 bits per heavy atom. The zero-order valence-electron chi connectivity index (χ0n) is 32.6. The fourth-order valence-electron chi connectivity index (χ4n) is 8.26. The first-order chi connectivity index (χ1) is 26.5. The van der Waals surface area contributed by atoms with E-state index in [1.165, 1.54) is 12.0 Å². The summed E-state index contributed by atoms with van der Waals surface area (Å²) in [7, 11) is -2.52. The van der Waals surface area contributed by atoms with E-state index in [4.69, 9.17) is 14.2 Å². The number of rotatable bonds is 7. The molecule has 1 aromatic heterocycles. The Kier molecular flexibility index (Phi) is 10.5. The number of pyridine rings is 1. The zero-order valence-corrected chi connectivity index (χ0v) is 33.4. The molecule has 4 heterocycles. The molecule has 4 amide bonds. The lowest BCUT2D eigenvalue weighted by Crippen LogP contribution is -2.58. The molecule has 3 aliphatic heterocycles. The molecule has 304 valence electrons. The summed E-state index contributed by atoms with van der Waals surface area (Å²) in [5.74, 6) is -1.83. The van der Waals surface area contributed by atoms with Crippen LogP contribution in [0.15, 0.2) is 30.4 Å². The maximum Gasteiger partial charge on any atom is 0.407 e. The molecule has 2 saturated carbocycles. The van der Waals surface area contributed by atoms with Crippen LogP contribution in [0.4, 0.5) is 9.18 Å². The van der Waals surface area contributed by atoms with Gasteiger partial charge in [0.15, 0.2) is 0 Å². The van der Waals surface area contributed by atoms with Gasteiger partial charge >= 0.3 is 6.09 Å². The molecule has 0 unspecified atom stereocenters. The molecule has 2 aliphatic carbocycles. The summed E-state index contributed by atoms with van der Waals surface area (Å²) in [6.07, 6.45) is 5.04. The van der Waals surface area contributed by atoms with Gasteiger partial charge in [0.2, 0.25) is 21.8 Å². The second-order valence-electron chi connectivity index (χ2n) is 16.9. The van der Waals surface area contributed by atoms with E-state index < -0.39 is 73.9 Å². The molecule has 1 saturated heterocycles. The minimum atomic E-state index is -4.03. The third kappa shape index (κ3) is 7.52. The van der Waals surface area contributed by atoms with Crippen molar-refractivity contribution in [1.29, 1.82) is 0 Å². The predicted molar refractivity (Wildman–Crippen MR) is 204 cm³/mol. The molecular formula is C40H52FN5O9S. The van der Waals surface area contributed by atoms with Gasteiger partial charge in [-0.15, -0.1) is 0 Å². The van der Waals surface area contributed by atoms with Crippen molar-refractivity contribution in [3.8, 4) is 11.5 Å². The topological polar surface area (TPSA) is 182 Å². The largest absolute Gasteiger partial charge is 0.497 e. The van der Waals surface area contributed by atoms with Crippen LogP contribution in [0.5, 0.6) is 11.5 Å². The number of alkyl carbamates (subject to hydrolysis) is 1. The Morgan fingerprint density at radius 3 is 2.62 bits per heavy atom. The summed E-state index contributed by atoms with van der Waals surface area (Å²) in [6.45, 7) is 6.99. The summed E-state index contributed by atoms with van der Waals surface area (Å²) in [5.41, 5.74) is -1.68. The molecule has 5 aliphatic rings. The van der Waals surface area contributed by atoms with Crippen molar-refractivity contribution in [2.24, 2.45) is 11.8 Å².